The fourth-order valence-corrected chi connectivity index (χ4v) is 6.38. The van der Waals surface area contributed by atoms with Crippen LogP contribution in [0.15, 0.2) is 30.3 Å². The third kappa shape index (κ3) is 4.27. The van der Waals surface area contributed by atoms with Crippen LogP contribution >= 0.6 is 11.8 Å². The van der Waals surface area contributed by atoms with Crippen molar-refractivity contribution < 1.29 is 33.9 Å². The number of hydrazine groups is 1. The summed E-state index contributed by atoms with van der Waals surface area (Å²) in [4.78, 5) is 79.4. The average molecular weight is 518 g/mol. The molecule has 0 radical (unpaired) electrons. The van der Waals surface area contributed by atoms with Crippen molar-refractivity contribution in [2.24, 2.45) is 0 Å². The Morgan fingerprint density at radius 1 is 1.11 bits per heavy atom. The van der Waals surface area contributed by atoms with Gasteiger partial charge in [-0.25, -0.2) is 20.0 Å². The van der Waals surface area contributed by atoms with Gasteiger partial charge in [0.2, 0.25) is 5.91 Å². The van der Waals surface area contributed by atoms with E-state index in [0.29, 0.717) is 17.0 Å². The number of aliphatic carboxylic acids is 1. The van der Waals surface area contributed by atoms with Gasteiger partial charge in [0.25, 0.3) is 5.91 Å². The van der Waals surface area contributed by atoms with E-state index in [1.165, 1.54) is 21.6 Å². The number of hydrogen-bond acceptors (Lipinski definition) is 7. The maximum atomic E-state index is 13.4. The van der Waals surface area contributed by atoms with Crippen LogP contribution in [0.1, 0.15) is 26.3 Å². The van der Waals surface area contributed by atoms with Crippen LogP contribution in [0.4, 0.5) is 4.79 Å². The largest absolute Gasteiger partial charge is 0.480 e. The average Bonchev–Trinajstić information content (AvgIpc) is 3.08. The number of carboxylic acids is 1. The minimum atomic E-state index is -1.17. The van der Waals surface area contributed by atoms with E-state index in [1.807, 2.05) is 0 Å². The summed E-state index contributed by atoms with van der Waals surface area (Å²) in [5, 5.41) is 9.87. The first-order valence-electron chi connectivity index (χ1n) is 11.5. The van der Waals surface area contributed by atoms with Crippen molar-refractivity contribution >= 4 is 47.4 Å². The predicted molar refractivity (Wildman–Crippen MR) is 127 cm³/mol. The van der Waals surface area contributed by atoms with E-state index in [-0.39, 0.29) is 19.5 Å². The molecule has 12 nitrogen and oxygen atoms in total. The van der Waals surface area contributed by atoms with E-state index in [0.717, 1.165) is 5.01 Å². The lowest BCUT2D eigenvalue weighted by atomic mass is 9.95. The molecule has 1 aromatic rings. The number of carbonyl (C=O) groups excluding carboxylic acids is 5. The number of carbonyl (C=O) groups is 6. The molecular formula is C23H27N5O7S. The highest BCUT2D eigenvalue weighted by molar-refractivity contribution is 8.01. The molecule has 3 atom stereocenters. The molecule has 0 spiro atoms. The second-order valence-corrected chi connectivity index (χ2v) is 11.0. The van der Waals surface area contributed by atoms with Gasteiger partial charge >= 0.3 is 23.8 Å². The summed E-state index contributed by atoms with van der Waals surface area (Å²) in [7, 11) is 0. The number of rotatable bonds is 5. The van der Waals surface area contributed by atoms with E-state index in [9.17, 15) is 33.9 Å². The molecule has 3 heterocycles. The predicted octanol–water partition coefficient (Wildman–Crippen LogP) is -0.111. The van der Waals surface area contributed by atoms with Crippen LogP contribution in [-0.2, 0) is 30.4 Å². The van der Waals surface area contributed by atoms with Gasteiger partial charge in [-0.2, -0.15) is 0 Å². The van der Waals surface area contributed by atoms with Crippen molar-refractivity contribution in [1.82, 2.24) is 25.1 Å². The lowest BCUT2D eigenvalue weighted by molar-refractivity contribution is -0.170. The van der Waals surface area contributed by atoms with E-state index < -0.39 is 57.8 Å². The molecule has 0 aromatic heterocycles. The van der Waals surface area contributed by atoms with Crippen LogP contribution in [0.3, 0.4) is 0 Å². The number of carboxylic acid groups (broad SMARTS) is 1. The number of β-lactam (4-membered cyclic amide) rings is 1. The molecule has 3 aliphatic rings. The first-order chi connectivity index (χ1) is 17.0. The number of imide groups is 1. The highest BCUT2D eigenvalue weighted by atomic mass is 32.2. The van der Waals surface area contributed by atoms with Gasteiger partial charge in [0.1, 0.15) is 11.4 Å². The molecular weight excluding hydrogens is 490 g/mol. The molecule has 4 rings (SSSR count). The monoisotopic (exact) mass is 517 g/mol. The zero-order valence-corrected chi connectivity index (χ0v) is 20.9. The van der Waals surface area contributed by atoms with E-state index in [1.54, 1.807) is 51.1 Å². The van der Waals surface area contributed by atoms with E-state index >= 15 is 0 Å². The van der Waals surface area contributed by atoms with Gasteiger partial charge in [-0.15, -0.1) is 11.8 Å². The van der Waals surface area contributed by atoms with Crippen LogP contribution < -0.4 is 5.43 Å². The Kier molecular flexibility index (Phi) is 6.69. The number of piperazine rings is 1. The topological polar surface area (TPSA) is 148 Å². The smallest absolute Gasteiger partial charge is 0.343 e. The lowest BCUT2D eigenvalue weighted by Gasteiger charge is -2.48. The molecule has 2 N–H and O–H groups in total. The van der Waals surface area contributed by atoms with Gasteiger partial charge in [-0.1, -0.05) is 30.3 Å². The summed E-state index contributed by atoms with van der Waals surface area (Å²) in [6.45, 7) is 5.51. The number of benzene rings is 1. The summed E-state index contributed by atoms with van der Waals surface area (Å²) < 4.78 is -0.835. The summed E-state index contributed by atoms with van der Waals surface area (Å²) in [5.74, 6) is -4.25. The standard InChI is InChI=1S/C23H27N5O7S/c1-4-25-10-11-26(19(32)18(25)31)22(35)24-28(14(29)12-13-8-6-5-7-9-13)15-17(30)27-16(21(33)34)23(2,3)36-20(15)27/h5-9,15-16,20H,4,10-12H2,1-3H3,(H,24,35)(H,33,34)/t15-,16+,20-/m1/s1. The Bertz CT molecular complexity index is 1130. The van der Waals surface area contributed by atoms with Gasteiger partial charge in [0.05, 0.1) is 6.42 Å². The maximum Gasteiger partial charge on any atom is 0.343 e. The van der Waals surface area contributed by atoms with Gasteiger partial charge in [-0.3, -0.25) is 24.1 Å². The van der Waals surface area contributed by atoms with Gasteiger partial charge < -0.3 is 14.9 Å². The summed E-state index contributed by atoms with van der Waals surface area (Å²) in [5.41, 5.74) is 3.01. The van der Waals surface area contributed by atoms with Gasteiger partial charge in [0, 0.05) is 24.4 Å². The Labute approximate surface area is 211 Å². The van der Waals surface area contributed by atoms with Crippen molar-refractivity contribution in [3.05, 3.63) is 35.9 Å². The van der Waals surface area contributed by atoms with Crippen LogP contribution in [0.2, 0.25) is 0 Å². The molecule has 0 unspecified atom stereocenters. The Hall–Kier alpha value is -3.61. The Morgan fingerprint density at radius 2 is 1.78 bits per heavy atom. The van der Waals surface area contributed by atoms with Crippen LogP contribution in [-0.4, -0.2) is 102 Å². The molecule has 6 amide bonds. The minimum Gasteiger partial charge on any atom is -0.480 e. The maximum absolute atomic E-state index is 13.4. The van der Waals surface area contributed by atoms with E-state index in [2.05, 4.69) is 5.43 Å². The minimum absolute atomic E-state index is 0.0675. The summed E-state index contributed by atoms with van der Waals surface area (Å²) in [6.07, 6.45) is -0.148. The quantitative estimate of drug-likeness (QED) is 0.312. The summed E-state index contributed by atoms with van der Waals surface area (Å²) >= 11 is 1.22. The number of nitrogens with one attached hydrogen (secondary N) is 1. The zero-order valence-electron chi connectivity index (χ0n) is 20.0. The number of thioether (sulfide) groups is 1. The lowest BCUT2D eigenvalue weighted by Crippen LogP contribution is -2.74. The molecule has 0 saturated carbocycles. The van der Waals surface area contributed by atoms with Crippen LogP contribution in [0.25, 0.3) is 0 Å². The number of nitrogens with zero attached hydrogens (tertiary/aromatic N) is 4. The fourth-order valence-electron chi connectivity index (χ4n) is 4.71. The SMILES string of the molecule is CCN1CCN(C(=O)NN(C(=O)Cc2ccccc2)[C@@H]2C(=O)N3[C@@H]2SC(C)(C)[C@@H]3C(=O)O)C(=O)C1=O. The Balaban J connectivity index is 1.59. The number of likely N-dealkylation sites (N-methyl/N-ethyl adjacent to an activating group) is 1. The molecule has 192 valence electrons. The molecule has 3 saturated heterocycles. The third-order valence-electron chi connectivity index (χ3n) is 6.54. The van der Waals surface area contributed by atoms with Crippen molar-refractivity contribution in [2.45, 2.75) is 49.4 Å². The molecule has 13 heteroatoms. The first-order valence-corrected chi connectivity index (χ1v) is 12.4. The molecule has 3 fully saturated rings. The third-order valence-corrected chi connectivity index (χ3v) is 8.10. The molecule has 0 bridgehead atoms. The van der Waals surface area contributed by atoms with Crippen LogP contribution in [0, 0.1) is 0 Å². The number of urea groups is 1. The van der Waals surface area contributed by atoms with Crippen molar-refractivity contribution in [3.8, 4) is 0 Å². The highest BCUT2D eigenvalue weighted by Gasteiger charge is 2.66. The number of amides is 6. The first kappa shape index (κ1) is 25.5. The fraction of sp³-hybridized carbons (Fsp3) is 0.478. The number of hydrogen-bond donors (Lipinski definition) is 2. The number of fused-ring (bicyclic) bond motifs is 1. The molecule has 0 aliphatic carbocycles. The van der Waals surface area contributed by atoms with Gasteiger partial charge in [-0.05, 0) is 26.3 Å². The van der Waals surface area contributed by atoms with E-state index in [4.69, 9.17) is 0 Å². The normalized spacial score (nSPS) is 24.8. The Morgan fingerprint density at radius 3 is 2.39 bits per heavy atom. The second kappa shape index (κ2) is 9.45. The van der Waals surface area contributed by atoms with Crippen molar-refractivity contribution in [2.75, 3.05) is 19.6 Å². The zero-order chi connectivity index (χ0) is 26.4. The van der Waals surface area contributed by atoms with Crippen molar-refractivity contribution in [1.29, 1.82) is 0 Å². The highest BCUT2D eigenvalue weighted by Crippen LogP contribution is 2.51. The summed E-state index contributed by atoms with van der Waals surface area (Å²) in [6, 6.07) is 5.43. The second-order valence-electron chi connectivity index (χ2n) is 9.23. The molecule has 1 aromatic carbocycles. The molecule has 36 heavy (non-hydrogen) atoms. The van der Waals surface area contributed by atoms with Crippen LogP contribution in [0.5, 0.6) is 0 Å². The van der Waals surface area contributed by atoms with Gasteiger partial charge in [0.15, 0.2) is 6.04 Å². The molecule has 3 aliphatic heterocycles. The van der Waals surface area contributed by atoms with Crippen molar-refractivity contribution in [3.63, 3.8) is 0 Å².